The SMILES string of the molecule is CC(C)NCc1cn(CCCN)nn1. The molecule has 0 bridgehead atoms. The number of hydrogen-bond donors (Lipinski definition) is 2. The molecule has 0 fully saturated rings. The maximum absolute atomic E-state index is 5.41. The van der Waals surface area contributed by atoms with Crippen molar-refractivity contribution in [3.05, 3.63) is 11.9 Å². The van der Waals surface area contributed by atoms with E-state index in [1.807, 2.05) is 10.9 Å². The highest BCUT2D eigenvalue weighted by Crippen LogP contribution is 1.94. The zero-order valence-electron chi connectivity index (χ0n) is 8.90. The minimum Gasteiger partial charge on any atom is -0.330 e. The number of nitrogens with zero attached hydrogens (tertiary/aromatic N) is 3. The third-order valence-electron chi connectivity index (χ3n) is 1.87. The van der Waals surface area contributed by atoms with Gasteiger partial charge in [-0.2, -0.15) is 0 Å². The maximum atomic E-state index is 5.41. The van der Waals surface area contributed by atoms with E-state index < -0.39 is 0 Å². The van der Waals surface area contributed by atoms with Gasteiger partial charge in [0.2, 0.25) is 0 Å². The van der Waals surface area contributed by atoms with E-state index in [-0.39, 0.29) is 0 Å². The summed E-state index contributed by atoms with van der Waals surface area (Å²) in [5, 5.41) is 11.3. The molecule has 0 amide bonds. The Hall–Kier alpha value is -0.940. The molecular weight excluding hydrogens is 178 g/mol. The lowest BCUT2D eigenvalue weighted by molar-refractivity contribution is 0.563. The molecule has 0 aliphatic carbocycles. The van der Waals surface area contributed by atoms with E-state index in [0.717, 1.165) is 25.2 Å². The van der Waals surface area contributed by atoms with E-state index >= 15 is 0 Å². The summed E-state index contributed by atoms with van der Waals surface area (Å²) >= 11 is 0. The Balaban J connectivity index is 2.35. The Morgan fingerprint density at radius 2 is 2.36 bits per heavy atom. The molecule has 1 aromatic heterocycles. The Kier molecular flexibility index (Phi) is 4.55. The molecule has 5 nitrogen and oxygen atoms in total. The van der Waals surface area contributed by atoms with Crippen LogP contribution in [0.5, 0.6) is 0 Å². The van der Waals surface area contributed by atoms with Gasteiger partial charge < -0.3 is 11.1 Å². The van der Waals surface area contributed by atoms with Crippen LogP contribution >= 0.6 is 0 Å². The molecule has 0 saturated heterocycles. The second kappa shape index (κ2) is 5.72. The van der Waals surface area contributed by atoms with Crippen LogP contribution in [-0.2, 0) is 13.1 Å². The van der Waals surface area contributed by atoms with E-state index in [0.29, 0.717) is 12.6 Å². The summed E-state index contributed by atoms with van der Waals surface area (Å²) in [5.74, 6) is 0. The molecule has 0 aliphatic heterocycles. The Labute approximate surface area is 84.7 Å². The molecular formula is C9H19N5. The van der Waals surface area contributed by atoms with Crippen LogP contribution in [-0.4, -0.2) is 27.6 Å². The minimum atomic E-state index is 0.476. The second-order valence-corrected chi connectivity index (χ2v) is 3.65. The molecule has 3 N–H and O–H groups in total. The smallest absolute Gasteiger partial charge is 0.0964 e. The third-order valence-corrected chi connectivity index (χ3v) is 1.87. The summed E-state index contributed by atoms with van der Waals surface area (Å²) in [4.78, 5) is 0. The van der Waals surface area contributed by atoms with Crippen molar-refractivity contribution in [1.29, 1.82) is 0 Å². The van der Waals surface area contributed by atoms with Gasteiger partial charge >= 0.3 is 0 Å². The van der Waals surface area contributed by atoms with Gasteiger partial charge in [-0.15, -0.1) is 5.10 Å². The number of rotatable bonds is 6. The van der Waals surface area contributed by atoms with Crippen LogP contribution in [0.1, 0.15) is 26.0 Å². The molecule has 14 heavy (non-hydrogen) atoms. The van der Waals surface area contributed by atoms with Crippen LogP contribution in [0.25, 0.3) is 0 Å². The van der Waals surface area contributed by atoms with Gasteiger partial charge in [0.25, 0.3) is 0 Å². The molecule has 0 atom stereocenters. The zero-order valence-corrected chi connectivity index (χ0v) is 8.90. The van der Waals surface area contributed by atoms with Crippen molar-refractivity contribution in [2.24, 2.45) is 5.73 Å². The average molecular weight is 197 g/mol. The average Bonchev–Trinajstić information content (AvgIpc) is 2.59. The molecule has 0 unspecified atom stereocenters. The second-order valence-electron chi connectivity index (χ2n) is 3.65. The lowest BCUT2D eigenvalue weighted by Crippen LogP contribution is -2.21. The molecule has 80 valence electrons. The fourth-order valence-electron chi connectivity index (χ4n) is 1.09. The van der Waals surface area contributed by atoms with Gasteiger partial charge in [-0.05, 0) is 13.0 Å². The van der Waals surface area contributed by atoms with E-state index in [1.54, 1.807) is 0 Å². The van der Waals surface area contributed by atoms with E-state index in [4.69, 9.17) is 5.73 Å². The van der Waals surface area contributed by atoms with Crippen molar-refractivity contribution in [2.45, 2.75) is 39.4 Å². The first-order chi connectivity index (χ1) is 6.72. The summed E-state index contributed by atoms with van der Waals surface area (Å²) < 4.78 is 1.84. The molecule has 5 heteroatoms. The highest BCUT2D eigenvalue weighted by molar-refractivity contribution is 4.91. The summed E-state index contributed by atoms with van der Waals surface area (Å²) in [6, 6.07) is 0.476. The normalized spacial score (nSPS) is 11.1. The topological polar surface area (TPSA) is 68.8 Å². The van der Waals surface area contributed by atoms with Crippen LogP contribution < -0.4 is 11.1 Å². The van der Waals surface area contributed by atoms with Crippen molar-refractivity contribution in [1.82, 2.24) is 20.3 Å². The molecule has 0 spiro atoms. The first-order valence-electron chi connectivity index (χ1n) is 5.05. The van der Waals surface area contributed by atoms with Gasteiger partial charge in [0.1, 0.15) is 0 Å². The first-order valence-corrected chi connectivity index (χ1v) is 5.05. The largest absolute Gasteiger partial charge is 0.330 e. The first kappa shape index (κ1) is 11.1. The fourth-order valence-corrected chi connectivity index (χ4v) is 1.09. The van der Waals surface area contributed by atoms with Gasteiger partial charge in [0.15, 0.2) is 0 Å². The Bertz CT molecular complexity index is 255. The van der Waals surface area contributed by atoms with Crippen molar-refractivity contribution >= 4 is 0 Å². The Morgan fingerprint density at radius 3 is 3.00 bits per heavy atom. The monoisotopic (exact) mass is 197 g/mol. The van der Waals surface area contributed by atoms with Gasteiger partial charge in [0.05, 0.1) is 5.69 Å². The lowest BCUT2D eigenvalue weighted by Gasteiger charge is -2.04. The fraction of sp³-hybridized carbons (Fsp3) is 0.778. The summed E-state index contributed by atoms with van der Waals surface area (Å²) in [5.41, 5.74) is 6.39. The van der Waals surface area contributed by atoms with Crippen LogP contribution in [0, 0.1) is 0 Å². The number of hydrogen-bond acceptors (Lipinski definition) is 4. The molecule has 1 aromatic rings. The van der Waals surface area contributed by atoms with Crippen molar-refractivity contribution in [2.75, 3.05) is 6.54 Å². The minimum absolute atomic E-state index is 0.476. The Morgan fingerprint density at radius 1 is 1.57 bits per heavy atom. The van der Waals surface area contributed by atoms with Crippen molar-refractivity contribution < 1.29 is 0 Å². The van der Waals surface area contributed by atoms with Gasteiger partial charge in [-0.25, -0.2) is 0 Å². The zero-order chi connectivity index (χ0) is 10.4. The molecule has 0 saturated carbocycles. The predicted octanol–water partition coefficient (Wildman–Crippen LogP) is 0.125. The van der Waals surface area contributed by atoms with Crippen LogP contribution in [0.2, 0.25) is 0 Å². The summed E-state index contributed by atoms with van der Waals surface area (Å²) in [6.45, 7) is 6.54. The van der Waals surface area contributed by atoms with E-state index in [2.05, 4.69) is 29.5 Å². The molecule has 0 aliphatic rings. The van der Waals surface area contributed by atoms with Gasteiger partial charge in [-0.3, -0.25) is 4.68 Å². The van der Waals surface area contributed by atoms with Crippen LogP contribution in [0.4, 0.5) is 0 Å². The highest BCUT2D eigenvalue weighted by Gasteiger charge is 2.00. The van der Waals surface area contributed by atoms with Crippen molar-refractivity contribution in [3.63, 3.8) is 0 Å². The van der Waals surface area contributed by atoms with Crippen molar-refractivity contribution in [3.8, 4) is 0 Å². The van der Waals surface area contributed by atoms with Crippen LogP contribution in [0.15, 0.2) is 6.20 Å². The quantitative estimate of drug-likeness (QED) is 0.680. The summed E-state index contributed by atoms with van der Waals surface area (Å²) in [7, 11) is 0. The third kappa shape index (κ3) is 3.85. The predicted molar refractivity (Wildman–Crippen MR) is 55.7 cm³/mol. The number of aryl methyl sites for hydroxylation is 1. The van der Waals surface area contributed by atoms with Crippen LogP contribution in [0.3, 0.4) is 0 Å². The van der Waals surface area contributed by atoms with E-state index in [1.165, 1.54) is 0 Å². The standard InChI is InChI=1S/C9H19N5/c1-8(2)11-6-9-7-14(13-12-9)5-3-4-10/h7-8,11H,3-6,10H2,1-2H3. The molecule has 1 heterocycles. The maximum Gasteiger partial charge on any atom is 0.0964 e. The highest BCUT2D eigenvalue weighted by atomic mass is 15.4. The van der Waals surface area contributed by atoms with E-state index in [9.17, 15) is 0 Å². The van der Waals surface area contributed by atoms with Gasteiger partial charge in [0, 0.05) is 25.3 Å². The number of nitrogens with two attached hydrogens (primary N) is 1. The molecule has 0 aromatic carbocycles. The summed E-state index contributed by atoms with van der Waals surface area (Å²) in [6.07, 6.45) is 2.91. The molecule has 0 radical (unpaired) electrons. The lowest BCUT2D eigenvalue weighted by atomic mass is 10.3. The molecule has 1 rings (SSSR count). The van der Waals surface area contributed by atoms with Gasteiger partial charge in [-0.1, -0.05) is 19.1 Å². The number of aromatic nitrogens is 3. The number of nitrogens with one attached hydrogen (secondary N) is 1.